The van der Waals surface area contributed by atoms with Crippen LogP contribution < -0.4 is 5.32 Å². The second-order valence-corrected chi connectivity index (χ2v) is 5.56. The number of hydrogen-bond donors (Lipinski definition) is 1. The quantitative estimate of drug-likeness (QED) is 0.876. The molecule has 2 aromatic rings. The molecule has 0 saturated heterocycles. The fourth-order valence-electron chi connectivity index (χ4n) is 2.58. The van der Waals surface area contributed by atoms with Crippen LogP contribution in [0.25, 0.3) is 11.0 Å². The van der Waals surface area contributed by atoms with Crippen molar-refractivity contribution in [2.45, 2.75) is 45.2 Å². The van der Waals surface area contributed by atoms with Crippen molar-refractivity contribution in [3.05, 3.63) is 30.6 Å². The lowest BCUT2D eigenvalue weighted by atomic mass is 9.95. The maximum absolute atomic E-state index is 9.43. The first-order chi connectivity index (χ1) is 9.59. The van der Waals surface area contributed by atoms with E-state index in [9.17, 15) is 5.26 Å². The molecule has 20 heavy (non-hydrogen) atoms. The Morgan fingerprint density at radius 1 is 1.45 bits per heavy atom. The van der Waals surface area contributed by atoms with Gasteiger partial charge in [-0.05, 0) is 45.4 Å². The van der Waals surface area contributed by atoms with Crippen LogP contribution in [0, 0.1) is 11.3 Å². The zero-order chi connectivity index (χ0) is 14.6. The monoisotopic (exact) mass is 270 g/mol. The van der Waals surface area contributed by atoms with Gasteiger partial charge < -0.3 is 4.57 Å². The van der Waals surface area contributed by atoms with Crippen molar-refractivity contribution in [2.75, 3.05) is 6.54 Å². The number of imidazole rings is 1. The summed E-state index contributed by atoms with van der Waals surface area (Å²) in [6.07, 6.45) is 3.65. The number of para-hydroxylation sites is 2. The van der Waals surface area contributed by atoms with Gasteiger partial charge in [0.25, 0.3) is 0 Å². The van der Waals surface area contributed by atoms with Gasteiger partial charge in [0.05, 0.1) is 23.4 Å². The van der Waals surface area contributed by atoms with Crippen LogP contribution in [0.1, 0.15) is 39.7 Å². The third-order valence-electron chi connectivity index (χ3n) is 3.67. The van der Waals surface area contributed by atoms with Crippen molar-refractivity contribution in [1.29, 1.82) is 5.26 Å². The summed E-state index contributed by atoms with van der Waals surface area (Å²) in [5, 5.41) is 12.8. The minimum Gasteiger partial charge on any atom is -0.328 e. The van der Waals surface area contributed by atoms with Gasteiger partial charge in [-0.3, -0.25) is 5.32 Å². The topological polar surface area (TPSA) is 53.6 Å². The number of rotatable bonds is 6. The summed E-state index contributed by atoms with van der Waals surface area (Å²) in [5.74, 6) is 0. The molecule has 0 aliphatic carbocycles. The van der Waals surface area contributed by atoms with E-state index in [1.165, 1.54) is 0 Å². The van der Waals surface area contributed by atoms with Gasteiger partial charge in [0.1, 0.15) is 5.54 Å². The summed E-state index contributed by atoms with van der Waals surface area (Å²) in [7, 11) is 0. The molecule has 0 aliphatic heterocycles. The Balaban J connectivity index is 2.19. The van der Waals surface area contributed by atoms with Gasteiger partial charge in [-0.25, -0.2) is 4.98 Å². The average molecular weight is 270 g/mol. The molecular weight excluding hydrogens is 248 g/mol. The summed E-state index contributed by atoms with van der Waals surface area (Å²) >= 11 is 0. The van der Waals surface area contributed by atoms with Gasteiger partial charge in [-0.15, -0.1) is 0 Å². The van der Waals surface area contributed by atoms with E-state index < -0.39 is 5.54 Å². The van der Waals surface area contributed by atoms with Gasteiger partial charge in [0.2, 0.25) is 0 Å². The molecule has 0 radical (unpaired) electrons. The maximum atomic E-state index is 9.43. The van der Waals surface area contributed by atoms with Gasteiger partial charge in [0, 0.05) is 6.04 Å². The number of hydrogen-bond acceptors (Lipinski definition) is 3. The standard InChI is InChI=1S/C16H22N4/c1-4-9-19-16(3,11-17)10-13(2)20-12-18-14-7-5-6-8-15(14)20/h5-8,12-13,19H,4,9-10H2,1-3H3. The first-order valence-corrected chi connectivity index (χ1v) is 7.17. The van der Waals surface area contributed by atoms with E-state index in [0.717, 1.165) is 30.4 Å². The van der Waals surface area contributed by atoms with Crippen molar-refractivity contribution in [3.63, 3.8) is 0 Å². The molecule has 2 unspecified atom stereocenters. The SMILES string of the molecule is CCCNC(C)(C#N)CC(C)n1cnc2ccccc21. The Morgan fingerprint density at radius 3 is 2.90 bits per heavy atom. The Morgan fingerprint density at radius 2 is 2.20 bits per heavy atom. The molecule has 0 fully saturated rings. The molecule has 2 atom stereocenters. The van der Waals surface area contributed by atoms with E-state index in [4.69, 9.17) is 0 Å². The van der Waals surface area contributed by atoms with Crippen molar-refractivity contribution in [1.82, 2.24) is 14.9 Å². The van der Waals surface area contributed by atoms with Gasteiger partial charge in [-0.2, -0.15) is 5.26 Å². The highest BCUT2D eigenvalue weighted by Gasteiger charge is 2.26. The van der Waals surface area contributed by atoms with E-state index in [1.54, 1.807) is 0 Å². The second kappa shape index (κ2) is 6.06. The number of nitriles is 1. The van der Waals surface area contributed by atoms with E-state index in [1.807, 2.05) is 31.5 Å². The lowest BCUT2D eigenvalue weighted by Gasteiger charge is -2.27. The minimum atomic E-state index is -0.499. The van der Waals surface area contributed by atoms with Gasteiger partial charge >= 0.3 is 0 Å². The highest BCUT2D eigenvalue weighted by Crippen LogP contribution is 2.24. The molecule has 0 spiro atoms. The first kappa shape index (κ1) is 14.5. The fourth-order valence-corrected chi connectivity index (χ4v) is 2.58. The Labute approximate surface area is 120 Å². The third-order valence-corrected chi connectivity index (χ3v) is 3.67. The van der Waals surface area contributed by atoms with E-state index >= 15 is 0 Å². The molecule has 0 aliphatic rings. The molecule has 1 heterocycles. The van der Waals surface area contributed by atoms with E-state index in [2.05, 4.69) is 40.9 Å². The summed E-state index contributed by atoms with van der Waals surface area (Å²) in [6.45, 7) is 7.08. The average Bonchev–Trinajstić information content (AvgIpc) is 2.89. The van der Waals surface area contributed by atoms with Gasteiger partial charge in [0.15, 0.2) is 0 Å². The number of aromatic nitrogens is 2. The first-order valence-electron chi connectivity index (χ1n) is 7.17. The highest BCUT2D eigenvalue weighted by atomic mass is 15.1. The lowest BCUT2D eigenvalue weighted by Crippen LogP contribution is -2.42. The van der Waals surface area contributed by atoms with E-state index in [0.29, 0.717) is 0 Å². The van der Waals surface area contributed by atoms with Crippen LogP contribution in [-0.4, -0.2) is 21.6 Å². The molecular formula is C16H22N4. The number of nitrogens with zero attached hydrogens (tertiary/aromatic N) is 3. The summed E-state index contributed by atoms with van der Waals surface area (Å²) in [5.41, 5.74) is 1.62. The van der Waals surface area contributed by atoms with Crippen LogP contribution in [0.15, 0.2) is 30.6 Å². The van der Waals surface area contributed by atoms with Crippen molar-refractivity contribution in [2.24, 2.45) is 0 Å². The smallest absolute Gasteiger partial charge is 0.105 e. The highest BCUT2D eigenvalue weighted by molar-refractivity contribution is 5.75. The van der Waals surface area contributed by atoms with Crippen molar-refractivity contribution in [3.8, 4) is 6.07 Å². The van der Waals surface area contributed by atoms with Gasteiger partial charge in [-0.1, -0.05) is 19.1 Å². The molecule has 1 aromatic heterocycles. The summed E-state index contributed by atoms with van der Waals surface area (Å²) < 4.78 is 2.15. The Hall–Kier alpha value is -1.86. The summed E-state index contributed by atoms with van der Waals surface area (Å²) in [4.78, 5) is 4.42. The molecule has 2 rings (SSSR count). The predicted molar refractivity (Wildman–Crippen MR) is 81.4 cm³/mol. The van der Waals surface area contributed by atoms with Crippen LogP contribution >= 0.6 is 0 Å². The minimum absolute atomic E-state index is 0.219. The molecule has 4 heteroatoms. The molecule has 0 amide bonds. The number of fused-ring (bicyclic) bond motifs is 1. The third kappa shape index (κ3) is 3.00. The zero-order valence-corrected chi connectivity index (χ0v) is 12.4. The van der Waals surface area contributed by atoms with Crippen LogP contribution in [0.3, 0.4) is 0 Å². The van der Waals surface area contributed by atoms with E-state index in [-0.39, 0.29) is 6.04 Å². The predicted octanol–water partition coefficient (Wildman–Crippen LogP) is 3.27. The van der Waals surface area contributed by atoms with Crippen LogP contribution in [0.2, 0.25) is 0 Å². The molecule has 1 N–H and O–H groups in total. The molecule has 1 aromatic carbocycles. The lowest BCUT2D eigenvalue weighted by molar-refractivity contribution is 0.352. The largest absolute Gasteiger partial charge is 0.328 e. The van der Waals surface area contributed by atoms with Crippen LogP contribution in [0.5, 0.6) is 0 Å². The Bertz CT molecular complexity index is 610. The normalized spacial score (nSPS) is 15.7. The molecule has 0 bridgehead atoms. The zero-order valence-electron chi connectivity index (χ0n) is 12.4. The summed E-state index contributed by atoms with van der Waals surface area (Å²) in [6, 6.07) is 10.7. The number of benzene rings is 1. The van der Waals surface area contributed by atoms with Crippen LogP contribution in [0.4, 0.5) is 0 Å². The van der Waals surface area contributed by atoms with Crippen molar-refractivity contribution >= 4 is 11.0 Å². The molecule has 106 valence electrons. The Kier molecular flexibility index (Phi) is 4.41. The fraction of sp³-hybridized carbons (Fsp3) is 0.500. The van der Waals surface area contributed by atoms with Crippen LogP contribution in [-0.2, 0) is 0 Å². The maximum Gasteiger partial charge on any atom is 0.105 e. The second-order valence-electron chi connectivity index (χ2n) is 5.56. The number of nitrogens with one attached hydrogen (secondary N) is 1. The molecule has 4 nitrogen and oxygen atoms in total. The van der Waals surface area contributed by atoms with Crippen molar-refractivity contribution < 1.29 is 0 Å². The molecule has 0 saturated carbocycles.